The van der Waals surface area contributed by atoms with Crippen LogP contribution in [0.4, 0.5) is 10.2 Å². The van der Waals surface area contributed by atoms with Crippen LogP contribution in [0.25, 0.3) is 0 Å². The first-order valence-electron chi connectivity index (χ1n) is 9.44. The van der Waals surface area contributed by atoms with E-state index in [1.165, 1.54) is 22.9 Å². The van der Waals surface area contributed by atoms with E-state index in [4.69, 9.17) is 44.0 Å². The fraction of sp³-hybridized carbons (Fsp3) is 0.0909. The van der Waals surface area contributed by atoms with Crippen LogP contribution in [0.15, 0.2) is 63.6 Å². The van der Waals surface area contributed by atoms with Crippen molar-refractivity contribution < 1.29 is 18.3 Å². The van der Waals surface area contributed by atoms with Gasteiger partial charge >= 0.3 is 0 Å². The first-order valence-corrected chi connectivity index (χ1v) is 11.4. The number of hydrogen-bond acceptors (Lipinski definition) is 4. The molecule has 4 aromatic rings. The number of amides is 1. The van der Waals surface area contributed by atoms with E-state index in [0.717, 1.165) is 0 Å². The van der Waals surface area contributed by atoms with E-state index in [9.17, 15) is 9.18 Å². The normalized spacial score (nSPS) is 10.9. The lowest BCUT2D eigenvalue weighted by atomic mass is 10.2. The maximum absolute atomic E-state index is 14.0. The van der Waals surface area contributed by atoms with Gasteiger partial charge in [-0.1, -0.05) is 40.9 Å². The molecule has 1 amide bonds. The molecule has 1 N–H and O–H groups in total. The van der Waals surface area contributed by atoms with E-state index >= 15 is 0 Å². The van der Waals surface area contributed by atoms with Gasteiger partial charge in [0.1, 0.15) is 23.9 Å². The molecule has 33 heavy (non-hydrogen) atoms. The second-order valence-electron chi connectivity index (χ2n) is 6.81. The Labute approximate surface area is 211 Å². The van der Waals surface area contributed by atoms with Crippen molar-refractivity contribution in [1.82, 2.24) is 9.78 Å². The predicted molar refractivity (Wildman–Crippen MR) is 128 cm³/mol. The van der Waals surface area contributed by atoms with E-state index in [2.05, 4.69) is 26.3 Å². The molecule has 0 aliphatic rings. The number of hydrogen-bond donors (Lipinski definition) is 1. The minimum atomic E-state index is -0.513. The molecular weight excluding hydrogens is 560 g/mol. The van der Waals surface area contributed by atoms with Crippen molar-refractivity contribution in [2.75, 3.05) is 5.32 Å². The van der Waals surface area contributed by atoms with Crippen molar-refractivity contribution in [2.24, 2.45) is 0 Å². The maximum atomic E-state index is 14.0. The minimum absolute atomic E-state index is 0.0643. The summed E-state index contributed by atoms with van der Waals surface area (Å²) < 4.78 is 27.2. The summed E-state index contributed by atoms with van der Waals surface area (Å²) in [4.78, 5) is 12.6. The van der Waals surface area contributed by atoms with E-state index in [1.807, 2.05) is 0 Å². The molecule has 0 radical (unpaired) electrons. The van der Waals surface area contributed by atoms with Crippen molar-refractivity contribution in [3.63, 3.8) is 0 Å². The molecule has 2 aromatic carbocycles. The van der Waals surface area contributed by atoms with Gasteiger partial charge in [0.15, 0.2) is 11.6 Å². The van der Waals surface area contributed by atoms with Gasteiger partial charge in [0.05, 0.1) is 16.0 Å². The Morgan fingerprint density at radius 1 is 1.15 bits per heavy atom. The van der Waals surface area contributed by atoms with Gasteiger partial charge < -0.3 is 14.5 Å². The molecule has 2 aromatic heterocycles. The summed E-state index contributed by atoms with van der Waals surface area (Å²) in [7, 11) is 0. The molecule has 0 aliphatic carbocycles. The van der Waals surface area contributed by atoms with Crippen LogP contribution in [0.5, 0.6) is 5.75 Å². The van der Waals surface area contributed by atoms with Crippen LogP contribution in [0, 0.1) is 5.82 Å². The van der Waals surface area contributed by atoms with Crippen LogP contribution >= 0.6 is 50.7 Å². The van der Waals surface area contributed by atoms with E-state index in [1.54, 1.807) is 36.5 Å². The Morgan fingerprint density at radius 3 is 2.73 bits per heavy atom. The van der Waals surface area contributed by atoms with Gasteiger partial charge in [-0.2, -0.15) is 5.10 Å². The monoisotopic (exact) mass is 571 g/mol. The van der Waals surface area contributed by atoms with Gasteiger partial charge in [0.2, 0.25) is 0 Å². The molecule has 6 nitrogen and oxygen atoms in total. The molecule has 2 heterocycles. The highest BCUT2D eigenvalue weighted by Gasteiger charge is 2.17. The van der Waals surface area contributed by atoms with Crippen molar-refractivity contribution in [2.45, 2.75) is 13.2 Å². The van der Waals surface area contributed by atoms with E-state index in [0.29, 0.717) is 31.6 Å². The SMILES string of the molecule is O=C(Nc1nn(Cc2c(F)cccc2Cl)cc1Br)c1ccc(COc2ccc(Cl)cc2Cl)o1. The number of nitrogens with one attached hydrogen (secondary N) is 1. The van der Waals surface area contributed by atoms with Gasteiger partial charge in [0.25, 0.3) is 5.91 Å². The fourth-order valence-electron chi connectivity index (χ4n) is 2.90. The lowest BCUT2D eigenvalue weighted by molar-refractivity contribution is 0.0992. The summed E-state index contributed by atoms with van der Waals surface area (Å²) in [6.07, 6.45) is 1.61. The first-order chi connectivity index (χ1) is 15.8. The second-order valence-corrected chi connectivity index (χ2v) is 8.91. The largest absolute Gasteiger partial charge is 0.484 e. The minimum Gasteiger partial charge on any atom is -0.484 e. The molecule has 11 heteroatoms. The Bertz CT molecular complexity index is 1310. The zero-order valence-corrected chi connectivity index (χ0v) is 20.5. The van der Waals surface area contributed by atoms with E-state index < -0.39 is 11.7 Å². The predicted octanol–water partition coefficient (Wildman–Crippen LogP) is 7.22. The molecule has 0 aliphatic heterocycles. The number of carbonyl (C=O) groups excluding carboxylic acids is 1. The summed E-state index contributed by atoms with van der Waals surface area (Å²) in [6, 6.07) is 12.4. The molecule has 170 valence electrons. The third-order valence-electron chi connectivity index (χ3n) is 4.48. The Balaban J connectivity index is 1.40. The van der Waals surface area contributed by atoms with Gasteiger partial charge in [-0.05, 0) is 58.4 Å². The van der Waals surface area contributed by atoms with Crippen molar-refractivity contribution in [3.05, 3.63) is 97.2 Å². The first kappa shape index (κ1) is 23.6. The Morgan fingerprint density at radius 2 is 1.97 bits per heavy atom. The highest BCUT2D eigenvalue weighted by atomic mass is 79.9. The van der Waals surface area contributed by atoms with Crippen LogP contribution in [0.3, 0.4) is 0 Å². The van der Waals surface area contributed by atoms with Crippen molar-refractivity contribution in [3.8, 4) is 5.75 Å². The number of anilines is 1. The van der Waals surface area contributed by atoms with Crippen LogP contribution < -0.4 is 10.1 Å². The van der Waals surface area contributed by atoms with Crippen LogP contribution in [-0.2, 0) is 13.2 Å². The van der Waals surface area contributed by atoms with Crippen LogP contribution in [-0.4, -0.2) is 15.7 Å². The quantitative estimate of drug-likeness (QED) is 0.254. The number of halogens is 5. The topological polar surface area (TPSA) is 69.3 Å². The highest BCUT2D eigenvalue weighted by Crippen LogP contribution is 2.29. The molecule has 0 spiro atoms. The summed E-state index contributed by atoms with van der Waals surface area (Å²) in [5.74, 6) is 0.215. The standard InChI is InChI=1S/C22H14BrCl3FN3O3/c23-15-10-30(9-14-16(25)2-1-3-18(14)27)29-21(15)28-22(31)20-7-5-13(33-20)11-32-19-6-4-12(24)8-17(19)26/h1-8,10H,9,11H2,(H,28,29,31). The molecule has 0 bridgehead atoms. The lowest BCUT2D eigenvalue weighted by Crippen LogP contribution is -2.12. The molecule has 0 saturated heterocycles. The van der Waals surface area contributed by atoms with Crippen LogP contribution in [0.2, 0.25) is 15.1 Å². The summed E-state index contributed by atoms with van der Waals surface area (Å²) in [6.45, 7) is 0.159. The molecule has 0 unspecified atom stereocenters. The summed E-state index contributed by atoms with van der Waals surface area (Å²) in [5.41, 5.74) is 0.295. The average Bonchev–Trinajstić information content (AvgIpc) is 3.37. The smallest absolute Gasteiger partial charge is 0.292 e. The molecule has 0 saturated carbocycles. The van der Waals surface area contributed by atoms with Crippen molar-refractivity contribution >= 4 is 62.5 Å². The van der Waals surface area contributed by atoms with Crippen LogP contribution in [0.1, 0.15) is 21.9 Å². The van der Waals surface area contributed by atoms with Gasteiger partial charge in [-0.25, -0.2) is 4.39 Å². The number of nitrogens with zero attached hydrogens (tertiary/aromatic N) is 2. The third kappa shape index (κ3) is 5.70. The zero-order chi connectivity index (χ0) is 23.5. The van der Waals surface area contributed by atoms with E-state index in [-0.39, 0.29) is 29.8 Å². The highest BCUT2D eigenvalue weighted by molar-refractivity contribution is 9.10. The third-order valence-corrected chi connectivity index (χ3v) is 5.94. The summed E-state index contributed by atoms with van der Waals surface area (Å²) in [5, 5.41) is 8.07. The number of furan rings is 1. The number of ether oxygens (including phenoxy) is 1. The van der Waals surface area contributed by atoms with Gasteiger partial charge in [0, 0.05) is 21.8 Å². The van der Waals surface area contributed by atoms with Gasteiger partial charge in [-0.15, -0.1) is 0 Å². The number of carbonyl (C=O) groups is 1. The van der Waals surface area contributed by atoms with Crippen molar-refractivity contribution in [1.29, 1.82) is 0 Å². The molecule has 0 atom stereocenters. The molecule has 0 fully saturated rings. The van der Waals surface area contributed by atoms with Gasteiger partial charge in [-0.3, -0.25) is 9.48 Å². The summed E-state index contributed by atoms with van der Waals surface area (Å²) >= 11 is 21.4. The molecular formula is C22H14BrCl3FN3O3. The zero-order valence-electron chi connectivity index (χ0n) is 16.6. The number of benzene rings is 2. The molecule has 4 rings (SSSR count). The average molecular weight is 574 g/mol. The number of rotatable bonds is 7. The Hall–Kier alpha value is -2.52. The maximum Gasteiger partial charge on any atom is 0.292 e. The Kier molecular flexibility index (Phi) is 7.29. The number of aromatic nitrogens is 2. The fourth-order valence-corrected chi connectivity index (χ4v) is 4.00. The second kappa shape index (κ2) is 10.2. The lowest BCUT2D eigenvalue weighted by Gasteiger charge is -2.06.